The molecule has 0 aromatic heterocycles. The topological polar surface area (TPSA) is 87.4 Å². The number of carbonyl (C=O) groups is 2. The van der Waals surface area contributed by atoms with E-state index in [2.05, 4.69) is 4.74 Å². The lowest BCUT2D eigenvalue weighted by Gasteiger charge is -2.05. The Balaban J connectivity index is 3.01. The second-order valence-electron chi connectivity index (χ2n) is 3.38. The number of methoxy groups -OCH3 is 1. The van der Waals surface area contributed by atoms with Gasteiger partial charge in [-0.05, 0) is 24.1 Å². The Hall–Kier alpha value is -2.35. The molecular weight excluding hydrogens is 222 g/mol. The number of hydrogen-bond donors (Lipinski definition) is 1. The summed E-state index contributed by atoms with van der Waals surface area (Å²) in [6.45, 7) is 0. The fourth-order valence-corrected chi connectivity index (χ4v) is 1.37. The van der Waals surface area contributed by atoms with Gasteiger partial charge in [-0.25, -0.2) is 4.79 Å². The van der Waals surface area contributed by atoms with Crippen molar-refractivity contribution in [3.63, 3.8) is 0 Å². The molecule has 0 heterocycles. The summed E-state index contributed by atoms with van der Waals surface area (Å²) in [5, 5.41) is 17.4. The molecule has 1 N–H and O–H groups in total. The standard InChI is InChI=1S/C12H11NO4/c1-17-12(16)10-6-8(3-5-11(14)15)2-4-9(10)7-13/h2,4,6H,3,5H2,1H3,(H,14,15). The number of benzene rings is 1. The van der Waals surface area contributed by atoms with Crippen molar-refractivity contribution >= 4 is 11.9 Å². The SMILES string of the molecule is COC(=O)c1cc(CCC(=O)O)ccc1C#N. The van der Waals surface area contributed by atoms with Crippen LogP contribution in [0, 0.1) is 11.3 Å². The predicted octanol–water partition coefficient (Wildman–Crippen LogP) is 1.36. The Morgan fingerprint density at radius 2 is 2.18 bits per heavy atom. The number of carbonyl (C=O) groups excluding carboxylic acids is 1. The second-order valence-corrected chi connectivity index (χ2v) is 3.38. The van der Waals surface area contributed by atoms with Crippen LogP contribution < -0.4 is 0 Å². The highest BCUT2D eigenvalue weighted by atomic mass is 16.5. The van der Waals surface area contributed by atoms with E-state index >= 15 is 0 Å². The first-order chi connectivity index (χ1) is 8.08. The molecule has 0 spiro atoms. The molecule has 0 amide bonds. The van der Waals surface area contributed by atoms with E-state index in [1.807, 2.05) is 6.07 Å². The number of hydrogen-bond acceptors (Lipinski definition) is 4. The number of aryl methyl sites for hydroxylation is 1. The molecule has 1 aromatic rings. The molecular formula is C12H11NO4. The molecule has 0 saturated carbocycles. The van der Waals surface area contributed by atoms with Crippen molar-refractivity contribution in [1.29, 1.82) is 5.26 Å². The van der Waals surface area contributed by atoms with Crippen LogP contribution in [-0.4, -0.2) is 24.2 Å². The lowest BCUT2D eigenvalue weighted by Crippen LogP contribution is -2.06. The molecule has 0 saturated heterocycles. The van der Waals surface area contributed by atoms with Crippen LogP contribution in [-0.2, 0) is 16.0 Å². The highest BCUT2D eigenvalue weighted by Crippen LogP contribution is 2.14. The van der Waals surface area contributed by atoms with Gasteiger partial charge in [0.25, 0.3) is 0 Å². The van der Waals surface area contributed by atoms with E-state index < -0.39 is 11.9 Å². The molecule has 0 unspecified atom stereocenters. The number of carboxylic acid groups (broad SMARTS) is 1. The maximum absolute atomic E-state index is 11.4. The third kappa shape index (κ3) is 3.31. The molecule has 0 radical (unpaired) electrons. The van der Waals surface area contributed by atoms with E-state index in [4.69, 9.17) is 10.4 Å². The molecule has 17 heavy (non-hydrogen) atoms. The van der Waals surface area contributed by atoms with Gasteiger partial charge in [0, 0.05) is 6.42 Å². The van der Waals surface area contributed by atoms with Gasteiger partial charge in [0.2, 0.25) is 0 Å². The Labute approximate surface area is 98.2 Å². The van der Waals surface area contributed by atoms with Gasteiger partial charge < -0.3 is 9.84 Å². The summed E-state index contributed by atoms with van der Waals surface area (Å²) in [7, 11) is 1.23. The minimum atomic E-state index is -0.908. The first-order valence-corrected chi connectivity index (χ1v) is 4.91. The fourth-order valence-electron chi connectivity index (χ4n) is 1.37. The van der Waals surface area contributed by atoms with Gasteiger partial charge in [0.1, 0.15) is 6.07 Å². The maximum Gasteiger partial charge on any atom is 0.339 e. The lowest BCUT2D eigenvalue weighted by atomic mass is 10.0. The van der Waals surface area contributed by atoms with Crippen LogP contribution in [0.1, 0.15) is 27.9 Å². The Morgan fingerprint density at radius 1 is 1.47 bits per heavy atom. The molecule has 0 fully saturated rings. The summed E-state index contributed by atoms with van der Waals surface area (Å²) in [5.74, 6) is -1.51. The van der Waals surface area contributed by atoms with Crippen LogP contribution >= 0.6 is 0 Å². The number of carboxylic acids is 1. The Bertz CT molecular complexity index is 488. The van der Waals surface area contributed by atoms with E-state index in [-0.39, 0.29) is 17.5 Å². The van der Waals surface area contributed by atoms with Gasteiger partial charge in [-0.1, -0.05) is 6.07 Å². The number of nitrogens with zero attached hydrogens (tertiary/aromatic N) is 1. The van der Waals surface area contributed by atoms with Crippen LogP contribution in [0.15, 0.2) is 18.2 Å². The van der Waals surface area contributed by atoms with Crippen molar-refractivity contribution in [2.75, 3.05) is 7.11 Å². The zero-order chi connectivity index (χ0) is 12.8. The van der Waals surface area contributed by atoms with Crippen LogP contribution in [0.2, 0.25) is 0 Å². The van der Waals surface area contributed by atoms with Crippen molar-refractivity contribution in [2.45, 2.75) is 12.8 Å². The normalized spacial score (nSPS) is 9.41. The summed E-state index contributed by atoms with van der Waals surface area (Å²) in [6, 6.07) is 6.50. The van der Waals surface area contributed by atoms with Crippen molar-refractivity contribution in [3.05, 3.63) is 34.9 Å². The lowest BCUT2D eigenvalue weighted by molar-refractivity contribution is -0.136. The highest BCUT2D eigenvalue weighted by molar-refractivity contribution is 5.92. The summed E-state index contributed by atoms with van der Waals surface area (Å²) >= 11 is 0. The van der Waals surface area contributed by atoms with Gasteiger partial charge in [-0.3, -0.25) is 4.79 Å². The van der Waals surface area contributed by atoms with Crippen LogP contribution in [0.4, 0.5) is 0 Å². The number of esters is 1. The summed E-state index contributed by atoms with van der Waals surface area (Å²) in [6.07, 6.45) is 0.289. The number of nitriles is 1. The largest absolute Gasteiger partial charge is 0.481 e. The van der Waals surface area contributed by atoms with Crippen molar-refractivity contribution in [3.8, 4) is 6.07 Å². The number of rotatable bonds is 4. The minimum absolute atomic E-state index is 0.0213. The second kappa shape index (κ2) is 5.66. The smallest absolute Gasteiger partial charge is 0.339 e. The average Bonchev–Trinajstić information content (AvgIpc) is 2.34. The first kappa shape index (κ1) is 12.7. The molecule has 88 valence electrons. The molecule has 5 nitrogen and oxygen atoms in total. The Morgan fingerprint density at radius 3 is 2.71 bits per heavy atom. The van der Waals surface area contributed by atoms with Crippen LogP contribution in [0.5, 0.6) is 0 Å². The molecule has 0 aliphatic heterocycles. The molecule has 0 bridgehead atoms. The summed E-state index contributed by atoms with van der Waals surface area (Å²) in [4.78, 5) is 21.8. The van der Waals surface area contributed by atoms with Gasteiger partial charge in [0.05, 0.1) is 18.2 Å². The van der Waals surface area contributed by atoms with Gasteiger partial charge in [-0.2, -0.15) is 5.26 Å². The third-order valence-corrected chi connectivity index (χ3v) is 2.24. The van der Waals surface area contributed by atoms with Crippen molar-refractivity contribution in [1.82, 2.24) is 0 Å². The molecule has 0 aliphatic rings. The number of aliphatic carboxylic acids is 1. The van der Waals surface area contributed by atoms with E-state index in [0.29, 0.717) is 12.0 Å². The summed E-state index contributed by atoms with van der Waals surface area (Å²) in [5.41, 5.74) is 1.07. The van der Waals surface area contributed by atoms with Gasteiger partial charge in [-0.15, -0.1) is 0 Å². The van der Waals surface area contributed by atoms with E-state index in [0.717, 1.165) is 0 Å². The van der Waals surface area contributed by atoms with Gasteiger partial charge >= 0.3 is 11.9 Å². The molecule has 5 heteroatoms. The van der Waals surface area contributed by atoms with Crippen molar-refractivity contribution < 1.29 is 19.4 Å². The van der Waals surface area contributed by atoms with E-state index in [1.54, 1.807) is 6.07 Å². The zero-order valence-electron chi connectivity index (χ0n) is 9.27. The maximum atomic E-state index is 11.4. The van der Waals surface area contributed by atoms with Crippen LogP contribution in [0.25, 0.3) is 0 Å². The number of ether oxygens (including phenoxy) is 1. The monoisotopic (exact) mass is 233 g/mol. The first-order valence-electron chi connectivity index (χ1n) is 4.91. The fraction of sp³-hybridized carbons (Fsp3) is 0.250. The summed E-state index contributed by atoms with van der Waals surface area (Å²) < 4.78 is 4.55. The molecule has 1 aromatic carbocycles. The highest BCUT2D eigenvalue weighted by Gasteiger charge is 2.12. The zero-order valence-corrected chi connectivity index (χ0v) is 9.27. The third-order valence-electron chi connectivity index (χ3n) is 2.24. The van der Waals surface area contributed by atoms with Gasteiger partial charge in [0.15, 0.2) is 0 Å². The van der Waals surface area contributed by atoms with E-state index in [9.17, 15) is 9.59 Å². The Kier molecular flexibility index (Phi) is 4.23. The van der Waals surface area contributed by atoms with Crippen molar-refractivity contribution in [2.24, 2.45) is 0 Å². The predicted molar refractivity (Wildman–Crippen MR) is 58.5 cm³/mol. The van der Waals surface area contributed by atoms with E-state index in [1.165, 1.54) is 19.2 Å². The molecule has 0 atom stereocenters. The van der Waals surface area contributed by atoms with Crippen LogP contribution in [0.3, 0.4) is 0 Å². The average molecular weight is 233 g/mol. The minimum Gasteiger partial charge on any atom is -0.481 e. The molecule has 1 rings (SSSR count). The molecule has 0 aliphatic carbocycles. The quantitative estimate of drug-likeness (QED) is 0.793.